The monoisotopic (exact) mass is 206 g/mol. The van der Waals surface area contributed by atoms with Crippen LogP contribution in [-0.4, -0.2) is 41.0 Å². The number of hydrogen-bond acceptors (Lipinski definition) is 4. The second kappa shape index (κ2) is 5.07. The van der Waals surface area contributed by atoms with Gasteiger partial charge in [-0.05, 0) is 38.9 Å². The largest absolute Gasteiger partial charge is 0.354 e. The first kappa shape index (κ1) is 10.4. The second-order valence-electron chi connectivity index (χ2n) is 4.06. The highest BCUT2D eigenvalue weighted by atomic mass is 15.2. The average molecular weight is 206 g/mol. The van der Waals surface area contributed by atoms with Gasteiger partial charge in [0.2, 0.25) is 5.95 Å². The third-order valence-electron chi connectivity index (χ3n) is 3.00. The van der Waals surface area contributed by atoms with Crippen molar-refractivity contribution in [2.45, 2.75) is 25.3 Å². The molecule has 1 saturated heterocycles. The molecule has 4 heteroatoms. The van der Waals surface area contributed by atoms with Crippen molar-refractivity contribution in [3.05, 3.63) is 18.5 Å². The Hall–Kier alpha value is -1.16. The topological polar surface area (TPSA) is 41.0 Å². The molecule has 0 spiro atoms. The highest BCUT2D eigenvalue weighted by Gasteiger charge is 2.19. The molecule has 2 rings (SSSR count). The number of likely N-dealkylation sites (tertiary alicyclic amines) is 1. The maximum absolute atomic E-state index is 4.13. The highest BCUT2D eigenvalue weighted by Crippen LogP contribution is 2.17. The fraction of sp³-hybridized carbons (Fsp3) is 0.636. The van der Waals surface area contributed by atoms with Crippen molar-refractivity contribution in [1.82, 2.24) is 14.9 Å². The van der Waals surface area contributed by atoms with Crippen molar-refractivity contribution in [3.8, 4) is 0 Å². The van der Waals surface area contributed by atoms with Crippen LogP contribution in [0.1, 0.15) is 19.3 Å². The van der Waals surface area contributed by atoms with Gasteiger partial charge in [0.25, 0.3) is 0 Å². The van der Waals surface area contributed by atoms with Crippen LogP contribution in [0.4, 0.5) is 5.95 Å². The Balaban J connectivity index is 1.71. The first-order valence-electron chi connectivity index (χ1n) is 5.57. The van der Waals surface area contributed by atoms with Crippen molar-refractivity contribution >= 4 is 5.95 Å². The first-order valence-corrected chi connectivity index (χ1v) is 5.57. The summed E-state index contributed by atoms with van der Waals surface area (Å²) in [6, 6.07) is 2.57. The average Bonchev–Trinajstić information content (AvgIpc) is 2.66. The van der Waals surface area contributed by atoms with Crippen LogP contribution in [0.15, 0.2) is 18.5 Å². The molecule has 1 fully saturated rings. The molecular weight excluding hydrogens is 188 g/mol. The van der Waals surface area contributed by atoms with Gasteiger partial charge in [0.1, 0.15) is 0 Å². The van der Waals surface area contributed by atoms with Crippen molar-refractivity contribution in [2.24, 2.45) is 0 Å². The Morgan fingerprint density at radius 1 is 1.47 bits per heavy atom. The van der Waals surface area contributed by atoms with E-state index < -0.39 is 0 Å². The molecule has 2 heterocycles. The molecule has 15 heavy (non-hydrogen) atoms. The predicted molar refractivity (Wildman–Crippen MR) is 60.8 cm³/mol. The van der Waals surface area contributed by atoms with Gasteiger partial charge in [-0.25, -0.2) is 9.97 Å². The van der Waals surface area contributed by atoms with Crippen molar-refractivity contribution in [3.63, 3.8) is 0 Å². The normalized spacial score (nSPS) is 21.8. The van der Waals surface area contributed by atoms with E-state index in [9.17, 15) is 0 Å². The summed E-state index contributed by atoms with van der Waals surface area (Å²) in [5.41, 5.74) is 0. The Morgan fingerprint density at radius 3 is 2.93 bits per heavy atom. The van der Waals surface area contributed by atoms with Crippen LogP contribution < -0.4 is 5.32 Å². The molecule has 1 aromatic heterocycles. The van der Waals surface area contributed by atoms with Gasteiger partial charge in [0, 0.05) is 25.0 Å². The fourth-order valence-corrected chi connectivity index (χ4v) is 2.08. The lowest BCUT2D eigenvalue weighted by atomic mass is 10.1. The molecule has 0 saturated carbocycles. The lowest BCUT2D eigenvalue weighted by Crippen LogP contribution is -2.27. The second-order valence-corrected chi connectivity index (χ2v) is 4.06. The van der Waals surface area contributed by atoms with E-state index in [1.54, 1.807) is 12.4 Å². The van der Waals surface area contributed by atoms with Crippen molar-refractivity contribution in [1.29, 1.82) is 0 Å². The molecule has 0 amide bonds. The number of nitrogens with one attached hydrogen (secondary N) is 1. The van der Waals surface area contributed by atoms with E-state index in [0.29, 0.717) is 0 Å². The lowest BCUT2D eigenvalue weighted by molar-refractivity contribution is 0.301. The number of rotatable bonds is 4. The molecule has 0 aromatic carbocycles. The summed E-state index contributed by atoms with van der Waals surface area (Å²) in [6.07, 6.45) is 7.36. The Kier molecular flexibility index (Phi) is 3.50. The van der Waals surface area contributed by atoms with Gasteiger partial charge < -0.3 is 10.2 Å². The van der Waals surface area contributed by atoms with Crippen LogP contribution in [0, 0.1) is 0 Å². The zero-order chi connectivity index (χ0) is 10.5. The third kappa shape index (κ3) is 2.89. The molecule has 0 aliphatic carbocycles. The maximum Gasteiger partial charge on any atom is 0.222 e. The standard InChI is InChI=1S/C11H18N4/c1-15-9-2-4-10(15)5-8-14-11-12-6-3-7-13-11/h3,6-7,10H,2,4-5,8-9H2,1H3,(H,12,13,14). The molecular formula is C11H18N4. The van der Waals surface area contributed by atoms with Gasteiger partial charge in [-0.1, -0.05) is 0 Å². The van der Waals surface area contributed by atoms with Crippen LogP contribution in [0.3, 0.4) is 0 Å². The molecule has 4 nitrogen and oxygen atoms in total. The minimum atomic E-state index is 0.734. The molecule has 0 bridgehead atoms. The van der Waals surface area contributed by atoms with Crippen molar-refractivity contribution in [2.75, 3.05) is 25.5 Å². The minimum absolute atomic E-state index is 0.734. The van der Waals surface area contributed by atoms with E-state index in [4.69, 9.17) is 0 Å². The molecule has 1 aromatic rings. The first-order chi connectivity index (χ1) is 7.36. The zero-order valence-corrected chi connectivity index (χ0v) is 9.19. The third-order valence-corrected chi connectivity index (χ3v) is 3.00. The number of nitrogens with zero attached hydrogens (tertiary/aromatic N) is 3. The van der Waals surface area contributed by atoms with Crippen LogP contribution in [0.5, 0.6) is 0 Å². The van der Waals surface area contributed by atoms with Crippen LogP contribution in [0.25, 0.3) is 0 Å². The van der Waals surface area contributed by atoms with Gasteiger partial charge >= 0.3 is 0 Å². The van der Waals surface area contributed by atoms with E-state index in [1.165, 1.54) is 25.8 Å². The summed E-state index contributed by atoms with van der Waals surface area (Å²) < 4.78 is 0. The summed E-state index contributed by atoms with van der Waals surface area (Å²) in [5.74, 6) is 0.734. The van der Waals surface area contributed by atoms with Gasteiger partial charge in [0.15, 0.2) is 0 Å². The van der Waals surface area contributed by atoms with E-state index >= 15 is 0 Å². The van der Waals surface area contributed by atoms with Crippen LogP contribution >= 0.6 is 0 Å². The fourth-order valence-electron chi connectivity index (χ4n) is 2.08. The SMILES string of the molecule is CN1CCCC1CCNc1ncccn1. The minimum Gasteiger partial charge on any atom is -0.354 e. The van der Waals surface area contributed by atoms with Crippen LogP contribution in [0.2, 0.25) is 0 Å². The summed E-state index contributed by atoms with van der Waals surface area (Å²) in [4.78, 5) is 10.7. The van der Waals surface area contributed by atoms with Crippen molar-refractivity contribution < 1.29 is 0 Å². The van der Waals surface area contributed by atoms with Gasteiger partial charge in [-0.2, -0.15) is 0 Å². The number of aromatic nitrogens is 2. The molecule has 1 aliphatic rings. The van der Waals surface area contributed by atoms with E-state index in [0.717, 1.165) is 18.5 Å². The Labute approximate surface area is 90.7 Å². The van der Waals surface area contributed by atoms with Crippen LogP contribution in [-0.2, 0) is 0 Å². The molecule has 1 N–H and O–H groups in total. The quantitative estimate of drug-likeness (QED) is 0.808. The lowest BCUT2D eigenvalue weighted by Gasteiger charge is -2.19. The van der Waals surface area contributed by atoms with E-state index in [2.05, 4.69) is 27.2 Å². The van der Waals surface area contributed by atoms with Gasteiger partial charge in [-0.15, -0.1) is 0 Å². The maximum atomic E-state index is 4.13. The highest BCUT2D eigenvalue weighted by molar-refractivity contribution is 5.21. The summed E-state index contributed by atoms with van der Waals surface area (Å²) in [5, 5.41) is 3.24. The smallest absolute Gasteiger partial charge is 0.222 e. The summed E-state index contributed by atoms with van der Waals surface area (Å²) in [6.45, 7) is 2.20. The number of anilines is 1. The Bertz CT molecular complexity index is 288. The molecule has 1 atom stereocenters. The van der Waals surface area contributed by atoms with Gasteiger partial charge in [0.05, 0.1) is 0 Å². The molecule has 1 aliphatic heterocycles. The molecule has 1 unspecified atom stereocenters. The zero-order valence-electron chi connectivity index (χ0n) is 9.19. The molecule has 0 radical (unpaired) electrons. The summed E-state index contributed by atoms with van der Waals surface area (Å²) in [7, 11) is 2.21. The predicted octanol–water partition coefficient (Wildman–Crippen LogP) is 1.37. The van der Waals surface area contributed by atoms with Gasteiger partial charge in [-0.3, -0.25) is 0 Å². The van der Waals surface area contributed by atoms with E-state index in [1.807, 2.05) is 6.07 Å². The number of hydrogen-bond donors (Lipinski definition) is 1. The van der Waals surface area contributed by atoms with E-state index in [-0.39, 0.29) is 0 Å². The Morgan fingerprint density at radius 2 is 2.27 bits per heavy atom. The summed E-state index contributed by atoms with van der Waals surface area (Å²) >= 11 is 0. The molecule has 82 valence electrons.